The monoisotopic (exact) mass is 618 g/mol. The van der Waals surface area contributed by atoms with Crippen LogP contribution >= 0.6 is 11.3 Å². The topological polar surface area (TPSA) is 119 Å². The number of urea groups is 1. The van der Waals surface area contributed by atoms with Gasteiger partial charge in [-0.05, 0) is 61.9 Å². The van der Waals surface area contributed by atoms with Gasteiger partial charge in [-0.1, -0.05) is 30.3 Å². The Balaban J connectivity index is 1.15. The number of nitriles is 1. The molecule has 4 amide bonds. The molecule has 1 unspecified atom stereocenters. The van der Waals surface area contributed by atoms with Gasteiger partial charge in [0.05, 0.1) is 22.4 Å². The standard InChI is InChI=1S/C34H30N6O4S/c1-38(24-8-6-16-39(20-24)32(41)22(19-35)17-21-12-13-21)33(42)30-29-28-27(14-15-36-31(28)45-30)40(34(43)37-29)23-7-5-11-26(18-23)44-25-9-3-2-4-10-25/h2-5,7,9-11,14-15,17-18,21,24H,6,8,12-13,16,20H2,1H3,(H,37,43)/b22-17+. The highest BCUT2D eigenvalue weighted by molar-refractivity contribution is 7.21. The zero-order valence-corrected chi connectivity index (χ0v) is 25.4. The Morgan fingerprint density at radius 2 is 1.91 bits per heavy atom. The second-order valence-corrected chi connectivity index (χ2v) is 12.5. The van der Waals surface area contributed by atoms with E-state index in [-0.39, 0.29) is 23.4 Å². The number of amides is 4. The summed E-state index contributed by atoms with van der Waals surface area (Å²) in [6, 6.07) is 19.9. The molecule has 4 aromatic rings. The van der Waals surface area contributed by atoms with Gasteiger partial charge in [-0.25, -0.2) is 9.78 Å². The van der Waals surface area contributed by atoms with E-state index in [0.717, 1.165) is 25.7 Å². The molecular weight excluding hydrogens is 588 g/mol. The number of pyridine rings is 1. The van der Waals surface area contributed by atoms with Crippen LogP contribution in [-0.2, 0) is 4.79 Å². The van der Waals surface area contributed by atoms with E-state index in [1.165, 1.54) is 11.3 Å². The van der Waals surface area contributed by atoms with Crippen molar-refractivity contribution in [1.82, 2.24) is 14.8 Å². The average Bonchev–Trinajstić information content (AvgIpc) is 3.82. The van der Waals surface area contributed by atoms with Crippen molar-refractivity contribution in [1.29, 1.82) is 5.26 Å². The molecule has 11 heteroatoms. The lowest BCUT2D eigenvalue weighted by molar-refractivity contribution is -0.128. The van der Waals surface area contributed by atoms with E-state index < -0.39 is 6.03 Å². The molecule has 45 heavy (non-hydrogen) atoms. The first kappa shape index (κ1) is 28.6. The number of benzene rings is 2. The van der Waals surface area contributed by atoms with Crippen LogP contribution in [0, 0.1) is 17.2 Å². The predicted molar refractivity (Wildman–Crippen MR) is 172 cm³/mol. The minimum Gasteiger partial charge on any atom is -0.457 e. The van der Waals surface area contributed by atoms with Crippen LogP contribution in [0.5, 0.6) is 11.5 Å². The normalized spacial score (nSPS) is 17.9. The van der Waals surface area contributed by atoms with Crippen molar-refractivity contribution in [2.24, 2.45) is 5.92 Å². The zero-order chi connectivity index (χ0) is 31.1. The van der Waals surface area contributed by atoms with Crippen molar-refractivity contribution >= 4 is 56.5 Å². The first-order valence-corrected chi connectivity index (χ1v) is 15.8. The maximum absolute atomic E-state index is 14.0. The minimum atomic E-state index is -0.400. The molecule has 7 rings (SSSR count). The molecule has 2 aromatic carbocycles. The van der Waals surface area contributed by atoms with Crippen LogP contribution in [0.2, 0.25) is 0 Å². The molecule has 2 fully saturated rings. The van der Waals surface area contributed by atoms with Gasteiger partial charge < -0.3 is 19.9 Å². The van der Waals surface area contributed by atoms with Gasteiger partial charge in [0.25, 0.3) is 11.8 Å². The Morgan fingerprint density at radius 3 is 2.69 bits per heavy atom. The Morgan fingerprint density at radius 1 is 1.11 bits per heavy atom. The Bertz CT molecular complexity index is 1890. The molecule has 2 aliphatic heterocycles. The number of likely N-dealkylation sites (N-methyl/N-ethyl adjacent to an activating group) is 1. The van der Waals surface area contributed by atoms with E-state index in [4.69, 9.17) is 4.74 Å². The van der Waals surface area contributed by atoms with Gasteiger partial charge in [-0.2, -0.15) is 5.26 Å². The first-order chi connectivity index (χ1) is 21.9. The third kappa shape index (κ3) is 5.49. The van der Waals surface area contributed by atoms with Crippen LogP contribution in [0.4, 0.5) is 21.9 Å². The SMILES string of the molecule is CN(C(=O)c1sc2nccc3c2c1NC(=O)N3c1cccc(Oc2ccccc2)c1)C1CCCN(C(=O)/C(C#N)=C/C2CC2)C1. The number of carbonyl (C=O) groups is 3. The summed E-state index contributed by atoms with van der Waals surface area (Å²) in [5, 5.41) is 13.2. The van der Waals surface area contributed by atoms with Gasteiger partial charge in [0.1, 0.15) is 32.8 Å². The van der Waals surface area contributed by atoms with Crippen molar-refractivity contribution in [3.05, 3.63) is 83.4 Å². The number of nitrogens with zero attached hydrogens (tertiary/aromatic N) is 5. The van der Waals surface area contributed by atoms with E-state index >= 15 is 0 Å². The zero-order valence-electron chi connectivity index (χ0n) is 24.6. The number of allylic oxidation sites excluding steroid dienone is 1. The Labute approximate surface area is 264 Å². The lowest BCUT2D eigenvalue weighted by Crippen LogP contribution is -2.50. The largest absolute Gasteiger partial charge is 0.457 e. The summed E-state index contributed by atoms with van der Waals surface area (Å²) < 4.78 is 6.01. The number of thiophene rings is 1. The molecule has 0 radical (unpaired) electrons. The van der Waals surface area contributed by atoms with Crippen LogP contribution < -0.4 is 15.0 Å². The molecule has 1 saturated heterocycles. The third-order valence-electron chi connectivity index (χ3n) is 8.42. The van der Waals surface area contributed by atoms with Crippen LogP contribution in [0.1, 0.15) is 35.4 Å². The van der Waals surface area contributed by atoms with Gasteiger partial charge >= 0.3 is 6.03 Å². The van der Waals surface area contributed by atoms with E-state index in [2.05, 4.69) is 16.4 Å². The van der Waals surface area contributed by atoms with E-state index in [1.54, 1.807) is 46.2 Å². The number of rotatable bonds is 7. The summed E-state index contributed by atoms with van der Waals surface area (Å²) in [6.07, 6.45) is 6.89. The van der Waals surface area contributed by atoms with Crippen LogP contribution in [-0.4, -0.2) is 58.8 Å². The number of hydrogen-bond donors (Lipinski definition) is 1. The second kappa shape index (κ2) is 11.7. The fraction of sp³-hybridized carbons (Fsp3) is 0.265. The number of piperidine rings is 1. The number of nitrogens with one attached hydrogen (secondary N) is 1. The number of anilines is 3. The number of hydrogen-bond acceptors (Lipinski definition) is 7. The quantitative estimate of drug-likeness (QED) is 0.182. The molecule has 0 spiro atoms. The summed E-state index contributed by atoms with van der Waals surface area (Å²) in [4.78, 5) is 51.2. The van der Waals surface area contributed by atoms with Crippen LogP contribution in [0.15, 0.2) is 78.5 Å². The fourth-order valence-corrected chi connectivity index (χ4v) is 7.01. The van der Waals surface area contributed by atoms with E-state index in [1.807, 2.05) is 48.5 Å². The Hall–Kier alpha value is -5.21. The maximum Gasteiger partial charge on any atom is 0.331 e. The molecule has 10 nitrogen and oxygen atoms in total. The van der Waals surface area contributed by atoms with Gasteiger partial charge in [0, 0.05) is 38.4 Å². The fourth-order valence-electron chi connectivity index (χ4n) is 5.91. The minimum absolute atomic E-state index is 0.184. The first-order valence-electron chi connectivity index (χ1n) is 14.9. The van der Waals surface area contributed by atoms with Crippen LogP contribution in [0.25, 0.3) is 10.2 Å². The molecular formula is C34H30N6O4S. The number of aromatic nitrogens is 1. The van der Waals surface area contributed by atoms with Gasteiger partial charge in [-0.15, -0.1) is 11.3 Å². The average molecular weight is 619 g/mol. The molecule has 2 aromatic heterocycles. The number of para-hydroxylation sites is 1. The highest BCUT2D eigenvalue weighted by atomic mass is 32.1. The number of carbonyl (C=O) groups excluding carboxylic acids is 3. The Kier molecular flexibility index (Phi) is 7.43. The molecule has 4 heterocycles. The summed E-state index contributed by atoms with van der Waals surface area (Å²) in [5.41, 5.74) is 1.85. The van der Waals surface area contributed by atoms with Gasteiger partial charge in [0.15, 0.2) is 0 Å². The van der Waals surface area contributed by atoms with Gasteiger partial charge in [0.2, 0.25) is 0 Å². The molecule has 1 N–H and O–H groups in total. The van der Waals surface area contributed by atoms with Crippen molar-refractivity contribution in [2.75, 3.05) is 30.4 Å². The lowest BCUT2D eigenvalue weighted by atomic mass is 10.0. The molecule has 0 bridgehead atoms. The lowest BCUT2D eigenvalue weighted by Gasteiger charge is -2.37. The summed E-state index contributed by atoms with van der Waals surface area (Å²) >= 11 is 1.24. The van der Waals surface area contributed by atoms with Crippen molar-refractivity contribution in [3.63, 3.8) is 0 Å². The van der Waals surface area contributed by atoms with Crippen molar-refractivity contribution in [2.45, 2.75) is 31.7 Å². The molecule has 3 aliphatic rings. The molecule has 226 valence electrons. The number of ether oxygens (including phenoxy) is 1. The second-order valence-electron chi connectivity index (χ2n) is 11.5. The highest BCUT2D eigenvalue weighted by Gasteiger charge is 2.36. The molecule has 1 aliphatic carbocycles. The van der Waals surface area contributed by atoms with Gasteiger partial charge in [-0.3, -0.25) is 14.5 Å². The van der Waals surface area contributed by atoms with Crippen molar-refractivity contribution in [3.8, 4) is 17.6 Å². The maximum atomic E-state index is 14.0. The molecule has 1 saturated carbocycles. The van der Waals surface area contributed by atoms with E-state index in [0.29, 0.717) is 62.7 Å². The highest BCUT2D eigenvalue weighted by Crippen LogP contribution is 2.46. The number of likely N-dealkylation sites (tertiary alicyclic amines) is 1. The predicted octanol–water partition coefficient (Wildman–Crippen LogP) is 6.70. The van der Waals surface area contributed by atoms with Crippen LogP contribution in [0.3, 0.4) is 0 Å². The van der Waals surface area contributed by atoms with E-state index in [9.17, 15) is 19.6 Å². The summed E-state index contributed by atoms with van der Waals surface area (Å²) in [6.45, 7) is 0.891. The third-order valence-corrected chi connectivity index (χ3v) is 9.51. The summed E-state index contributed by atoms with van der Waals surface area (Å²) in [5.74, 6) is 1.05. The molecule has 1 atom stereocenters. The smallest absolute Gasteiger partial charge is 0.331 e. The summed E-state index contributed by atoms with van der Waals surface area (Å²) in [7, 11) is 1.73. The van der Waals surface area contributed by atoms with Crippen molar-refractivity contribution < 1.29 is 19.1 Å².